The van der Waals surface area contributed by atoms with Gasteiger partial charge in [0, 0.05) is 0 Å². The van der Waals surface area contributed by atoms with Gasteiger partial charge in [-0.2, -0.15) is 5.10 Å². The Morgan fingerprint density at radius 1 is 1.83 bits per heavy atom. The Bertz CT molecular complexity index is 305. The molecule has 0 amide bonds. The molecule has 1 heterocycles. The normalized spacial score (nSPS) is 12.9. The molecule has 0 aliphatic rings. The fraction of sp³-hybridized carbons (Fsp3) is 0.500. The summed E-state index contributed by atoms with van der Waals surface area (Å²) in [6, 6.07) is 0. The highest BCUT2D eigenvalue weighted by Crippen LogP contribution is 2.16. The molecule has 1 unspecified atom stereocenters. The summed E-state index contributed by atoms with van der Waals surface area (Å²) in [5.74, 6) is 0. The molecule has 1 rings (SSSR count). The standard InChI is InChI=1S/C6H9N3O3/c1-4-6(9(11)12)3-8(7-4)5(2)10/h3,5,10H,1-2H3. The van der Waals surface area contributed by atoms with Crippen LogP contribution in [-0.4, -0.2) is 19.8 Å². The third-order valence-electron chi connectivity index (χ3n) is 1.47. The molecular formula is C6H9N3O3. The van der Waals surface area contributed by atoms with Gasteiger partial charge < -0.3 is 5.11 Å². The highest BCUT2D eigenvalue weighted by Gasteiger charge is 2.16. The summed E-state index contributed by atoms with van der Waals surface area (Å²) in [4.78, 5) is 9.80. The quantitative estimate of drug-likeness (QED) is 0.522. The third kappa shape index (κ3) is 1.42. The fourth-order valence-electron chi connectivity index (χ4n) is 0.843. The Morgan fingerprint density at radius 2 is 2.42 bits per heavy atom. The van der Waals surface area contributed by atoms with Crippen molar-refractivity contribution in [3.05, 3.63) is 22.0 Å². The van der Waals surface area contributed by atoms with E-state index in [0.717, 1.165) is 4.68 Å². The Balaban J connectivity index is 3.09. The molecule has 0 saturated carbocycles. The summed E-state index contributed by atoms with van der Waals surface area (Å²) in [5.41, 5.74) is 0.233. The summed E-state index contributed by atoms with van der Waals surface area (Å²) >= 11 is 0. The predicted octanol–water partition coefficient (Wildman–Crippen LogP) is 0.611. The maximum atomic E-state index is 10.3. The molecule has 0 aliphatic carbocycles. The summed E-state index contributed by atoms with van der Waals surface area (Å²) in [6.45, 7) is 3.01. The van der Waals surface area contributed by atoms with E-state index in [9.17, 15) is 10.1 Å². The van der Waals surface area contributed by atoms with E-state index in [0.29, 0.717) is 5.69 Å². The highest BCUT2D eigenvalue weighted by atomic mass is 16.6. The van der Waals surface area contributed by atoms with Gasteiger partial charge in [-0.3, -0.25) is 10.1 Å². The Kier molecular flexibility index (Phi) is 2.09. The van der Waals surface area contributed by atoms with Gasteiger partial charge in [0.1, 0.15) is 18.1 Å². The van der Waals surface area contributed by atoms with Gasteiger partial charge in [-0.15, -0.1) is 0 Å². The zero-order chi connectivity index (χ0) is 9.30. The average Bonchev–Trinajstić information content (AvgIpc) is 2.30. The van der Waals surface area contributed by atoms with E-state index in [1.165, 1.54) is 20.0 Å². The number of hydrogen-bond donors (Lipinski definition) is 1. The second kappa shape index (κ2) is 2.90. The van der Waals surface area contributed by atoms with E-state index in [-0.39, 0.29) is 5.69 Å². The largest absolute Gasteiger partial charge is 0.372 e. The molecule has 0 saturated heterocycles. The number of nitro groups is 1. The summed E-state index contributed by atoms with van der Waals surface area (Å²) in [5, 5.41) is 23.1. The molecule has 0 radical (unpaired) electrons. The number of hydrogen-bond acceptors (Lipinski definition) is 4. The summed E-state index contributed by atoms with van der Waals surface area (Å²) in [7, 11) is 0. The van der Waals surface area contributed by atoms with Crippen molar-refractivity contribution in [1.82, 2.24) is 9.78 Å². The topological polar surface area (TPSA) is 81.2 Å². The SMILES string of the molecule is Cc1nn(C(C)O)cc1[N+](=O)[O-]. The Labute approximate surface area is 68.6 Å². The Hall–Kier alpha value is -1.43. The van der Waals surface area contributed by atoms with Crippen LogP contribution in [0, 0.1) is 17.0 Å². The maximum Gasteiger partial charge on any atom is 0.309 e. The molecule has 1 aromatic heterocycles. The zero-order valence-electron chi connectivity index (χ0n) is 6.76. The first-order valence-electron chi connectivity index (χ1n) is 3.40. The lowest BCUT2D eigenvalue weighted by atomic mass is 10.4. The van der Waals surface area contributed by atoms with Gasteiger partial charge in [-0.05, 0) is 13.8 Å². The second-order valence-electron chi connectivity index (χ2n) is 2.47. The highest BCUT2D eigenvalue weighted by molar-refractivity contribution is 5.31. The monoisotopic (exact) mass is 171 g/mol. The molecule has 12 heavy (non-hydrogen) atoms. The van der Waals surface area contributed by atoms with Crippen molar-refractivity contribution >= 4 is 5.69 Å². The molecule has 1 aromatic rings. The molecule has 6 nitrogen and oxygen atoms in total. The minimum Gasteiger partial charge on any atom is -0.372 e. The lowest BCUT2D eigenvalue weighted by molar-refractivity contribution is -0.385. The van der Waals surface area contributed by atoms with Crippen LogP contribution in [-0.2, 0) is 0 Å². The van der Waals surface area contributed by atoms with Crippen molar-refractivity contribution in [2.75, 3.05) is 0 Å². The van der Waals surface area contributed by atoms with Gasteiger partial charge in [0.15, 0.2) is 0 Å². The van der Waals surface area contributed by atoms with Crippen LogP contribution in [0.15, 0.2) is 6.20 Å². The van der Waals surface area contributed by atoms with Gasteiger partial charge in [0.05, 0.1) is 4.92 Å². The number of aliphatic hydroxyl groups excluding tert-OH is 1. The lowest BCUT2D eigenvalue weighted by Gasteiger charge is -2.00. The van der Waals surface area contributed by atoms with Crippen molar-refractivity contribution < 1.29 is 10.0 Å². The van der Waals surface area contributed by atoms with Crippen LogP contribution in [0.2, 0.25) is 0 Å². The van der Waals surface area contributed by atoms with Crippen LogP contribution in [0.3, 0.4) is 0 Å². The molecule has 0 bridgehead atoms. The van der Waals surface area contributed by atoms with Crippen molar-refractivity contribution in [2.24, 2.45) is 0 Å². The van der Waals surface area contributed by atoms with Crippen LogP contribution in [0.4, 0.5) is 5.69 Å². The molecular weight excluding hydrogens is 162 g/mol. The molecule has 1 N–H and O–H groups in total. The molecule has 0 fully saturated rings. The Morgan fingerprint density at radius 3 is 2.67 bits per heavy atom. The summed E-state index contributed by atoms with van der Waals surface area (Å²) < 4.78 is 1.15. The molecule has 66 valence electrons. The fourth-order valence-corrected chi connectivity index (χ4v) is 0.843. The van der Waals surface area contributed by atoms with Crippen LogP contribution in [0.5, 0.6) is 0 Å². The first-order valence-corrected chi connectivity index (χ1v) is 3.40. The van der Waals surface area contributed by atoms with E-state index in [1.54, 1.807) is 0 Å². The lowest BCUT2D eigenvalue weighted by Crippen LogP contribution is -2.03. The van der Waals surface area contributed by atoms with Crippen LogP contribution in [0.1, 0.15) is 18.8 Å². The first-order chi connectivity index (χ1) is 5.52. The van der Waals surface area contributed by atoms with E-state index in [2.05, 4.69) is 5.10 Å². The minimum atomic E-state index is -0.836. The molecule has 0 aliphatic heterocycles. The maximum absolute atomic E-state index is 10.3. The third-order valence-corrected chi connectivity index (χ3v) is 1.47. The second-order valence-corrected chi connectivity index (χ2v) is 2.47. The van der Waals surface area contributed by atoms with Crippen molar-refractivity contribution in [3.63, 3.8) is 0 Å². The van der Waals surface area contributed by atoms with Gasteiger partial charge in [0.2, 0.25) is 0 Å². The predicted molar refractivity (Wildman–Crippen MR) is 40.5 cm³/mol. The number of aromatic nitrogens is 2. The minimum absolute atomic E-state index is 0.0732. The van der Waals surface area contributed by atoms with Crippen molar-refractivity contribution in [1.29, 1.82) is 0 Å². The van der Waals surface area contributed by atoms with E-state index in [4.69, 9.17) is 5.11 Å². The molecule has 0 spiro atoms. The zero-order valence-corrected chi connectivity index (χ0v) is 6.76. The van der Waals surface area contributed by atoms with Crippen molar-refractivity contribution in [3.8, 4) is 0 Å². The van der Waals surface area contributed by atoms with Crippen LogP contribution < -0.4 is 0 Å². The van der Waals surface area contributed by atoms with Gasteiger partial charge in [-0.1, -0.05) is 0 Å². The molecule has 0 aromatic carbocycles. The van der Waals surface area contributed by atoms with E-state index in [1.807, 2.05) is 0 Å². The van der Waals surface area contributed by atoms with Crippen LogP contribution >= 0.6 is 0 Å². The van der Waals surface area contributed by atoms with E-state index < -0.39 is 11.2 Å². The van der Waals surface area contributed by atoms with E-state index >= 15 is 0 Å². The summed E-state index contributed by atoms with van der Waals surface area (Å²) in [6.07, 6.45) is 0.373. The number of nitrogens with zero attached hydrogens (tertiary/aromatic N) is 3. The van der Waals surface area contributed by atoms with Crippen molar-refractivity contribution in [2.45, 2.75) is 20.1 Å². The van der Waals surface area contributed by atoms with Gasteiger partial charge >= 0.3 is 5.69 Å². The first kappa shape index (κ1) is 8.66. The average molecular weight is 171 g/mol. The number of aryl methyl sites for hydroxylation is 1. The molecule has 6 heteroatoms. The number of rotatable bonds is 2. The molecule has 1 atom stereocenters. The number of aliphatic hydroxyl groups is 1. The van der Waals surface area contributed by atoms with Gasteiger partial charge in [0.25, 0.3) is 0 Å². The van der Waals surface area contributed by atoms with Gasteiger partial charge in [-0.25, -0.2) is 4.68 Å². The smallest absolute Gasteiger partial charge is 0.309 e. The van der Waals surface area contributed by atoms with Crippen LogP contribution in [0.25, 0.3) is 0 Å².